The van der Waals surface area contributed by atoms with Crippen molar-refractivity contribution in [2.75, 3.05) is 6.54 Å². The highest BCUT2D eigenvalue weighted by atomic mass is 14.9. The standard InChI is InChI=1S/C10H23N/c1-6-11-10(5)7-9(4)8(2)3/h8-11H,6-7H2,1-5H3/t9-,10+/m1/s1. The minimum Gasteiger partial charge on any atom is -0.315 e. The molecular weight excluding hydrogens is 134 g/mol. The van der Waals surface area contributed by atoms with Crippen LogP contribution in [0.2, 0.25) is 0 Å². The zero-order valence-corrected chi connectivity index (χ0v) is 8.65. The van der Waals surface area contributed by atoms with Gasteiger partial charge in [-0.2, -0.15) is 0 Å². The molecule has 68 valence electrons. The van der Waals surface area contributed by atoms with Crippen LogP contribution in [-0.4, -0.2) is 12.6 Å². The Kier molecular flexibility index (Phi) is 5.57. The van der Waals surface area contributed by atoms with Crippen LogP contribution < -0.4 is 5.32 Å². The van der Waals surface area contributed by atoms with Crippen molar-refractivity contribution in [3.05, 3.63) is 0 Å². The fourth-order valence-electron chi connectivity index (χ4n) is 1.26. The van der Waals surface area contributed by atoms with Crippen LogP contribution in [0.1, 0.15) is 41.0 Å². The summed E-state index contributed by atoms with van der Waals surface area (Å²) in [5.74, 6) is 1.65. The van der Waals surface area contributed by atoms with Crippen LogP contribution in [0.25, 0.3) is 0 Å². The summed E-state index contributed by atoms with van der Waals surface area (Å²) in [4.78, 5) is 0. The van der Waals surface area contributed by atoms with Gasteiger partial charge in [0.05, 0.1) is 0 Å². The maximum Gasteiger partial charge on any atom is 0.00412 e. The van der Waals surface area contributed by atoms with E-state index >= 15 is 0 Å². The van der Waals surface area contributed by atoms with Crippen molar-refractivity contribution in [2.45, 2.75) is 47.1 Å². The second kappa shape index (κ2) is 5.59. The van der Waals surface area contributed by atoms with E-state index < -0.39 is 0 Å². The van der Waals surface area contributed by atoms with Crippen LogP contribution in [0.4, 0.5) is 0 Å². The van der Waals surface area contributed by atoms with Crippen LogP contribution in [0.3, 0.4) is 0 Å². The highest BCUT2D eigenvalue weighted by molar-refractivity contribution is 4.66. The van der Waals surface area contributed by atoms with E-state index in [9.17, 15) is 0 Å². The normalized spacial score (nSPS) is 16.9. The monoisotopic (exact) mass is 157 g/mol. The molecule has 0 aromatic heterocycles. The number of hydrogen-bond acceptors (Lipinski definition) is 1. The van der Waals surface area contributed by atoms with Gasteiger partial charge in [0.1, 0.15) is 0 Å². The van der Waals surface area contributed by atoms with Crippen LogP contribution in [-0.2, 0) is 0 Å². The molecule has 2 atom stereocenters. The molecule has 0 spiro atoms. The van der Waals surface area contributed by atoms with Gasteiger partial charge < -0.3 is 5.32 Å². The van der Waals surface area contributed by atoms with Gasteiger partial charge in [0.15, 0.2) is 0 Å². The van der Waals surface area contributed by atoms with Gasteiger partial charge in [-0.25, -0.2) is 0 Å². The van der Waals surface area contributed by atoms with Gasteiger partial charge in [-0.05, 0) is 31.7 Å². The van der Waals surface area contributed by atoms with E-state index in [0.717, 1.165) is 18.4 Å². The van der Waals surface area contributed by atoms with Crippen molar-refractivity contribution in [2.24, 2.45) is 11.8 Å². The van der Waals surface area contributed by atoms with E-state index in [1.807, 2.05) is 0 Å². The Morgan fingerprint density at radius 3 is 2.00 bits per heavy atom. The van der Waals surface area contributed by atoms with Crippen LogP contribution in [0.5, 0.6) is 0 Å². The summed E-state index contributed by atoms with van der Waals surface area (Å²) in [7, 11) is 0. The topological polar surface area (TPSA) is 12.0 Å². The SMILES string of the molecule is CCN[C@@H](C)C[C@@H](C)C(C)C. The summed E-state index contributed by atoms with van der Waals surface area (Å²) >= 11 is 0. The highest BCUT2D eigenvalue weighted by Crippen LogP contribution is 2.15. The average Bonchev–Trinajstić information content (AvgIpc) is 1.87. The second-order valence-electron chi connectivity index (χ2n) is 3.92. The lowest BCUT2D eigenvalue weighted by Gasteiger charge is -2.20. The quantitative estimate of drug-likeness (QED) is 0.647. The first-order valence-electron chi connectivity index (χ1n) is 4.81. The molecule has 0 aliphatic carbocycles. The Balaban J connectivity index is 3.48. The molecule has 1 heteroatoms. The van der Waals surface area contributed by atoms with E-state index in [2.05, 4.69) is 39.9 Å². The molecule has 0 aliphatic heterocycles. The van der Waals surface area contributed by atoms with Gasteiger partial charge in [-0.15, -0.1) is 0 Å². The summed E-state index contributed by atoms with van der Waals surface area (Å²) < 4.78 is 0. The Labute approximate surface area is 71.6 Å². The highest BCUT2D eigenvalue weighted by Gasteiger charge is 2.10. The molecule has 0 aromatic carbocycles. The lowest BCUT2D eigenvalue weighted by molar-refractivity contribution is 0.344. The third-order valence-corrected chi connectivity index (χ3v) is 2.42. The lowest BCUT2D eigenvalue weighted by Crippen LogP contribution is -2.28. The summed E-state index contributed by atoms with van der Waals surface area (Å²) in [6.07, 6.45) is 1.30. The first kappa shape index (κ1) is 11.0. The van der Waals surface area contributed by atoms with E-state index in [4.69, 9.17) is 0 Å². The molecule has 0 rings (SSSR count). The van der Waals surface area contributed by atoms with Crippen molar-refractivity contribution in [3.63, 3.8) is 0 Å². The zero-order valence-electron chi connectivity index (χ0n) is 8.65. The van der Waals surface area contributed by atoms with Crippen LogP contribution in [0, 0.1) is 11.8 Å². The maximum absolute atomic E-state index is 3.43. The fourth-order valence-corrected chi connectivity index (χ4v) is 1.26. The summed E-state index contributed by atoms with van der Waals surface area (Å²) in [6.45, 7) is 12.4. The van der Waals surface area contributed by atoms with Gasteiger partial charge in [0.25, 0.3) is 0 Å². The molecule has 0 radical (unpaired) electrons. The Hall–Kier alpha value is -0.0400. The predicted molar refractivity (Wildman–Crippen MR) is 51.8 cm³/mol. The minimum atomic E-state index is 0.678. The van der Waals surface area contributed by atoms with Crippen molar-refractivity contribution in [3.8, 4) is 0 Å². The molecular formula is C10H23N. The Morgan fingerprint density at radius 2 is 1.64 bits per heavy atom. The first-order chi connectivity index (χ1) is 5.07. The Bertz CT molecular complexity index is 88.9. The summed E-state index contributed by atoms with van der Waals surface area (Å²) in [6, 6.07) is 0.678. The van der Waals surface area contributed by atoms with Crippen LogP contribution >= 0.6 is 0 Å². The summed E-state index contributed by atoms with van der Waals surface area (Å²) in [5, 5.41) is 3.43. The summed E-state index contributed by atoms with van der Waals surface area (Å²) in [5.41, 5.74) is 0. The predicted octanol–water partition coefficient (Wildman–Crippen LogP) is 2.67. The molecule has 0 bridgehead atoms. The minimum absolute atomic E-state index is 0.678. The molecule has 1 nitrogen and oxygen atoms in total. The van der Waals surface area contributed by atoms with Gasteiger partial charge in [-0.3, -0.25) is 0 Å². The smallest absolute Gasteiger partial charge is 0.00412 e. The van der Waals surface area contributed by atoms with Gasteiger partial charge in [0.2, 0.25) is 0 Å². The van der Waals surface area contributed by atoms with E-state index in [1.165, 1.54) is 6.42 Å². The number of rotatable bonds is 5. The zero-order chi connectivity index (χ0) is 8.85. The Morgan fingerprint density at radius 1 is 1.09 bits per heavy atom. The van der Waals surface area contributed by atoms with Crippen molar-refractivity contribution in [1.82, 2.24) is 5.32 Å². The van der Waals surface area contributed by atoms with Crippen LogP contribution in [0.15, 0.2) is 0 Å². The van der Waals surface area contributed by atoms with E-state index in [0.29, 0.717) is 6.04 Å². The second-order valence-corrected chi connectivity index (χ2v) is 3.92. The van der Waals surface area contributed by atoms with Gasteiger partial charge in [0, 0.05) is 6.04 Å². The molecule has 0 amide bonds. The van der Waals surface area contributed by atoms with E-state index in [1.54, 1.807) is 0 Å². The fraction of sp³-hybridized carbons (Fsp3) is 1.00. The molecule has 0 heterocycles. The molecule has 0 aromatic rings. The number of nitrogens with one attached hydrogen (secondary N) is 1. The molecule has 1 N–H and O–H groups in total. The van der Waals surface area contributed by atoms with Crippen molar-refractivity contribution < 1.29 is 0 Å². The molecule has 0 saturated carbocycles. The maximum atomic E-state index is 3.43. The number of hydrogen-bond donors (Lipinski definition) is 1. The van der Waals surface area contributed by atoms with Gasteiger partial charge in [-0.1, -0.05) is 27.7 Å². The van der Waals surface area contributed by atoms with Crippen molar-refractivity contribution in [1.29, 1.82) is 0 Å². The average molecular weight is 157 g/mol. The first-order valence-corrected chi connectivity index (χ1v) is 4.81. The molecule has 0 unspecified atom stereocenters. The lowest BCUT2D eigenvalue weighted by atomic mass is 9.92. The third-order valence-electron chi connectivity index (χ3n) is 2.42. The third kappa shape index (κ3) is 5.25. The molecule has 0 saturated heterocycles. The molecule has 0 aliphatic rings. The van der Waals surface area contributed by atoms with Gasteiger partial charge >= 0.3 is 0 Å². The largest absolute Gasteiger partial charge is 0.315 e. The van der Waals surface area contributed by atoms with Crippen molar-refractivity contribution >= 4 is 0 Å². The van der Waals surface area contributed by atoms with E-state index in [-0.39, 0.29) is 0 Å². The molecule has 11 heavy (non-hydrogen) atoms. The molecule has 0 fully saturated rings.